The second-order valence-corrected chi connectivity index (χ2v) is 4.35. The molecule has 0 unspecified atom stereocenters. The Morgan fingerprint density at radius 1 is 1.00 bits per heavy atom. The Morgan fingerprint density at radius 2 is 1.78 bits per heavy atom. The van der Waals surface area contributed by atoms with Gasteiger partial charge < -0.3 is 9.52 Å². The van der Waals surface area contributed by atoms with E-state index in [0.717, 1.165) is 4.88 Å². The molecule has 86 valence electrons. The van der Waals surface area contributed by atoms with Crippen LogP contribution in [-0.2, 0) is 19.5 Å². The molecular weight excluding hydrogens is 302 g/mol. The van der Waals surface area contributed by atoms with Gasteiger partial charge in [0.15, 0.2) is 0 Å². The van der Waals surface area contributed by atoms with Crippen LogP contribution in [0.2, 0.25) is 0 Å². The van der Waals surface area contributed by atoms with Crippen molar-refractivity contribution in [3.63, 3.8) is 0 Å². The van der Waals surface area contributed by atoms with Crippen LogP contribution in [0.15, 0.2) is 46.2 Å². The van der Waals surface area contributed by atoms with Gasteiger partial charge in [-0.3, -0.25) is 0 Å². The third-order valence-electron chi connectivity index (χ3n) is 2.29. The molecule has 2 heterocycles. The molecule has 3 rings (SSSR count). The summed E-state index contributed by atoms with van der Waals surface area (Å²) in [7, 11) is 0. The van der Waals surface area contributed by atoms with Crippen molar-refractivity contribution in [2.45, 2.75) is 0 Å². The molecule has 0 saturated heterocycles. The number of rotatable bonds is 2. The number of para-hydroxylation sites is 1. The zero-order chi connectivity index (χ0) is 11.7. The Labute approximate surface area is 120 Å². The first-order valence-corrected chi connectivity index (χ1v) is 5.88. The topological polar surface area (TPSA) is 59.2 Å². The van der Waals surface area contributed by atoms with E-state index in [1.54, 1.807) is 18.2 Å². The zero-order valence-electron chi connectivity index (χ0n) is 9.41. The number of benzene rings is 1. The fourth-order valence-corrected chi connectivity index (χ4v) is 2.13. The normalized spacial score (nSPS) is 10.0. The van der Waals surface area contributed by atoms with E-state index < -0.39 is 0 Å². The van der Waals surface area contributed by atoms with Crippen LogP contribution < -0.4 is 0 Å². The Morgan fingerprint density at radius 3 is 2.50 bits per heavy atom. The second-order valence-electron chi connectivity index (χ2n) is 3.41. The number of nitrogens with zero attached hydrogens (tertiary/aromatic N) is 2. The summed E-state index contributed by atoms with van der Waals surface area (Å²) in [5, 5.41) is 19.5. The predicted octanol–water partition coefficient (Wildman–Crippen LogP) is 3.17. The van der Waals surface area contributed by atoms with Gasteiger partial charge in [-0.1, -0.05) is 18.2 Å². The van der Waals surface area contributed by atoms with Crippen LogP contribution >= 0.6 is 11.3 Å². The molecule has 1 aromatic carbocycles. The van der Waals surface area contributed by atoms with Gasteiger partial charge in [0.05, 0.1) is 10.4 Å². The van der Waals surface area contributed by atoms with Crippen molar-refractivity contribution in [1.29, 1.82) is 0 Å². The van der Waals surface area contributed by atoms with E-state index in [-0.39, 0.29) is 25.2 Å². The fourth-order valence-electron chi connectivity index (χ4n) is 1.49. The van der Waals surface area contributed by atoms with Gasteiger partial charge in [-0.05, 0) is 23.6 Å². The summed E-state index contributed by atoms with van der Waals surface area (Å²) in [6.45, 7) is 0. The first-order valence-electron chi connectivity index (χ1n) is 5.00. The van der Waals surface area contributed by atoms with Crippen molar-refractivity contribution >= 4 is 11.3 Å². The summed E-state index contributed by atoms with van der Waals surface area (Å²) in [5.74, 6) is 0.929. The number of aromatic hydroxyl groups is 1. The summed E-state index contributed by atoms with van der Waals surface area (Å²) < 4.78 is 5.52. The van der Waals surface area contributed by atoms with Gasteiger partial charge in [-0.2, -0.15) is 0 Å². The minimum atomic E-state index is 0. The maximum Gasteiger partial charge on any atom is 0.258 e. The standard InChI is InChI=1S/C12H8N2O2S.Zn/c15-9-5-2-1-4-8(9)11-13-14-12(16-11)10-6-3-7-17-10;/h1-7,15H;. The number of phenolic OH excluding ortho intramolecular Hbond substituents is 1. The van der Waals surface area contributed by atoms with Crippen LogP contribution in [0.4, 0.5) is 0 Å². The maximum absolute atomic E-state index is 9.68. The summed E-state index contributed by atoms with van der Waals surface area (Å²) in [4.78, 5) is 0.916. The van der Waals surface area contributed by atoms with E-state index in [1.165, 1.54) is 11.3 Å². The Hall–Kier alpha value is -1.52. The maximum atomic E-state index is 9.68. The SMILES string of the molecule is Oc1ccccc1-c1nnc(-c2cccs2)o1.[Zn]. The van der Waals surface area contributed by atoms with E-state index in [2.05, 4.69) is 10.2 Å². The molecule has 0 spiro atoms. The third kappa shape index (κ3) is 2.35. The van der Waals surface area contributed by atoms with Crippen LogP contribution in [0.3, 0.4) is 0 Å². The average molecular weight is 310 g/mol. The Bertz CT molecular complexity index is 637. The van der Waals surface area contributed by atoms with Gasteiger partial charge in [0, 0.05) is 19.5 Å². The molecule has 1 N–H and O–H groups in total. The van der Waals surface area contributed by atoms with Crippen molar-refractivity contribution in [1.82, 2.24) is 10.2 Å². The largest absolute Gasteiger partial charge is 0.507 e. The first kappa shape index (κ1) is 12.9. The predicted molar refractivity (Wildman–Crippen MR) is 64.7 cm³/mol. The van der Waals surface area contributed by atoms with E-state index in [0.29, 0.717) is 17.3 Å². The summed E-state index contributed by atoms with van der Waals surface area (Å²) in [6, 6.07) is 10.7. The van der Waals surface area contributed by atoms with Crippen LogP contribution in [0.5, 0.6) is 5.75 Å². The Balaban J connectivity index is 0.00000120. The number of aromatic nitrogens is 2. The molecule has 0 aliphatic carbocycles. The Kier molecular flexibility index (Phi) is 3.89. The van der Waals surface area contributed by atoms with Crippen LogP contribution in [0, 0.1) is 0 Å². The number of hydrogen-bond donors (Lipinski definition) is 1. The fraction of sp³-hybridized carbons (Fsp3) is 0. The molecule has 0 radical (unpaired) electrons. The second kappa shape index (κ2) is 5.42. The molecule has 2 aromatic heterocycles. The minimum absolute atomic E-state index is 0. The molecule has 0 aliphatic heterocycles. The van der Waals surface area contributed by atoms with Crippen molar-refractivity contribution < 1.29 is 29.0 Å². The van der Waals surface area contributed by atoms with Gasteiger partial charge in [-0.15, -0.1) is 21.5 Å². The third-order valence-corrected chi connectivity index (χ3v) is 3.15. The van der Waals surface area contributed by atoms with Crippen LogP contribution in [-0.4, -0.2) is 15.3 Å². The molecule has 0 fully saturated rings. The molecule has 0 aliphatic rings. The van der Waals surface area contributed by atoms with Gasteiger partial charge in [0.1, 0.15) is 5.75 Å². The molecule has 18 heavy (non-hydrogen) atoms. The number of thiophene rings is 1. The van der Waals surface area contributed by atoms with Gasteiger partial charge in [0.2, 0.25) is 0 Å². The molecule has 4 nitrogen and oxygen atoms in total. The van der Waals surface area contributed by atoms with Crippen molar-refractivity contribution in [2.75, 3.05) is 0 Å². The molecule has 0 bridgehead atoms. The molecular formula is C12H8N2O2SZn. The van der Waals surface area contributed by atoms with Crippen LogP contribution in [0.25, 0.3) is 22.2 Å². The minimum Gasteiger partial charge on any atom is -0.507 e. The quantitative estimate of drug-likeness (QED) is 0.739. The van der Waals surface area contributed by atoms with E-state index in [9.17, 15) is 5.11 Å². The van der Waals surface area contributed by atoms with E-state index in [4.69, 9.17) is 4.42 Å². The van der Waals surface area contributed by atoms with Crippen molar-refractivity contribution in [3.8, 4) is 28.0 Å². The molecule has 0 atom stereocenters. The zero-order valence-corrected chi connectivity index (χ0v) is 13.2. The monoisotopic (exact) mass is 308 g/mol. The van der Waals surface area contributed by atoms with Gasteiger partial charge in [-0.25, -0.2) is 0 Å². The van der Waals surface area contributed by atoms with Crippen molar-refractivity contribution in [3.05, 3.63) is 41.8 Å². The summed E-state index contributed by atoms with van der Waals surface area (Å²) >= 11 is 1.53. The number of hydrogen-bond acceptors (Lipinski definition) is 5. The van der Waals surface area contributed by atoms with E-state index >= 15 is 0 Å². The number of phenols is 1. The average Bonchev–Trinajstić information content (AvgIpc) is 3.00. The van der Waals surface area contributed by atoms with Crippen LogP contribution in [0.1, 0.15) is 0 Å². The smallest absolute Gasteiger partial charge is 0.258 e. The molecule has 3 aromatic rings. The summed E-state index contributed by atoms with van der Waals surface area (Å²) in [6.07, 6.45) is 0. The molecule has 0 saturated carbocycles. The van der Waals surface area contributed by atoms with Crippen molar-refractivity contribution in [2.24, 2.45) is 0 Å². The van der Waals surface area contributed by atoms with Gasteiger partial charge in [0.25, 0.3) is 11.8 Å². The first-order chi connectivity index (χ1) is 8.34. The van der Waals surface area contributed by atoms with E-state index in [1.807, 2.05) is 23.6 Å². The summed E-state index contributed by atoms with van der Waals surface area (Å²) in [5.41, 5.74) is 0.544. The molecule has 0 amide bonds. The van der Waals surface area contributed by atoms with Gasteiger partial charge >= 0.3 is 0 Å². The molecule has 6 heteroatoms.